The molecule has 6 rings (SSSR count). The fraction of sp³-hybridized carbons (Fsp3) is 0.316. The SMILES string of the molecule is COCCC1=Cc2nc1c(=NC(=O)c1cccnc1)cc1[nH]c(cc1CCOC)c1cc(CCOC)c(ccc3[nH]c2cc3CCOC)[nH]1. The van der Waals surface area contributed by atoms with Crippen molar-refractivity contribution in [3.63, 3.8) is 0 Å². The van der Waals surface area contributed by atoms with Crippen LogP contribution in [0.5, 0.6) is 0 Å². The number of carbonyl (C=O) groups is 1. The summed E-state index contributed by atoms with van der Waals surface area (Å²) in [6, 6.07) is 16.0. The Morgan fingerprint density at radius 3 is 1.82 bits per heavy atom. The second-order valence-corrected chi connectivity index (χ2v) is 11.9. The van der Waals surface area contributed by atoms with Crippen LogP contribution in [0.25, 0.3) is 44.7 Å². The highest BCUT2D eigenvalue weighted by Gasteiger charge is 2.17. The molecule has 11 heteroatoms. The van der Waals surface area contributed by atoms with E-state index in [1.807, 2.05) is 6.07 Å². The van der Waals surface area contributed by atoms with E-state index < -0.39 is 5.91 Å². The largest absolute Gasteiger partial charge is 0.384 e. The van der Waals surface area contributed by atoms with Crippen molar-refractivity contribution in [3.8, 4) is 0 Å². The van der Waals surface area contributed by atoms with Gasteiger partial charge in [-0.25, -0.2) is 9.98 Å². The van der Waals surface area contributed by atoms with Gasteiger partial charge < -0.3 is 33.9 Å². The highest BCUT2D eigenvalue weighted by Crippen LogP contribution is 2.27. The van der Waals surface area contributed by atoms with Gasteiger partial charge in [-0.2, -0.15) is 0 Å². The molecule has 1 amide bonds. The number of amides is 1. The van der Waals surface area contributed by atoms with E-state index in [1.165, 1.54) is 6.20 Å². The van der Waals surface area contributed by atoms with E-state index in [0.29, 0.717) is 55.9 Å². The molecule has 3 N–H and O–H groups in total. The molecule has 49 heavy (non-hydrogen) atoms. The third-order valence-electron chi connectivity index (χ3n) is 8.59. The molecule has 0 aliphatic carbocycles. The van der Waals surface area contributed by atoms with E-state index in [0.717, 1.165) is 73.9 Å². The van der Waals surface area contributed by atoms with Gasteiger partial charge in [-0.15, -0.1) is 0 Å². The van der Waals surface area contributed by atoms with Gasteiger partial charge in [-0.1, -0.05) is 0 Å². The average Bonchev–Trinajstić information content (AvgIpc) is 3.91. The Hall–Kier alpha value is -4.94. The van der Waals surface area contributed by atoms with Crippen LogP contribution in [-0.4, -0.2) is 85.7 Å². The Morgan fingerprint density at radius 1 is 0.673 bits per heavy atom. The maximum absolute atomic E-state index is 13.6. The van der Waals surface area contributed by atoms with E-state index in [-0.39, 0.29) is 0 Å². The zero-order valence-electron chi connectivity index (χ0n) is 28.4. The Kier molecular flexibility index (Phi) is 11.1. The van der Waals surface area contributed by atoms with Crippen molar-refractivity contribution in [2.45, 2.75) is 25.7 Å². The van der Waals surface area contributed by atoms with Crippen molar-refractivity contribution in [1.29, 1.82) is 0 Å². The molecular formula is C38H42N6O5. The highest BCUT2D eigenvalue weighted by molar-refractivity contribution is 5.95. The van der Waals surface area contributed by atoms with Crippen LogP contribution < -0.4 is 5.36 Å². The van der Waals surface area contributed by atoms with Gasteiger partial charge in [0.15, 0.2) is 0 Å². The number of fused-ring (bicyclic) bond motifs is 10. The zero-order valence-corrected chi connectivity index (χ0v) is 28.4. The predicted octanol–water partition coefficient (Wildman–Crippen LogP) is 5.81. The lowest BCUT2D eigenvalue weighted by Crippen LogP contribution is -2.13. The first kappa shape index (κ1) is 33.9. The number of H-pyrrole nitrogens is 3. The molecule has 1 aliphatic heterocycles. The number of rotatable bonds is 13. The number of nitrogens with zero attached hydrogens (tertiary/aromatic N) is 3. The number of carbonyl (C=O) groups excluding carboxylic acids is 1. The van der Waals surface area contributed by atoms with Crippen LogP contribution in [0.3, 0.4) is 0 Å². The third kappa shape index (κ3) is 7.87. The summed E-state index contributed by atoms with van der Waals surface area (Å²) in [7, 11) is 6.78. The van der Waals surface area contributed by atoms with Gasteiger partial charge in [0.2, 0.25) is 0 Å². The summed E-state index contributed by atoms with van der Waals surface area (Å²) in [4.78, 5) is 38.4. The van der Waals surface area contributed by atoms with E-state index in [2.05, 4.69) is 61.3 Å². The molecule has 1 aliphatic rings. The Labute approximate surface area is 284 Å². The van der Waals surface area contributed by atoms with Crippen LogP contribution in [0.1, 0.15) is 44.9 Å². The summed E-state index contributed by atoms with van der Waals surface area (Å²) in [5.41, 5.74) is 11.4. The summed E-state index contributed by atoms with van der Waals surface area (Å²) < 4.78 is 21.9. The van der Waals surface area contributed by atoms with Gasteiger partial charge in [0.25, 0.3) is 5.91 Å². The smallest absolute Gasteiger partial charge is 0.279 e. The fourth-order valence-corrected chi connectivity index (χ4v) is 5.99. The molecule has 6 heterocycles. The number of hydrogen-bond donors (Lipinski definition) is 3. The van der Waals surface area contributed by atoms with Crippen molar-refractivity contribution in [2.75, 3.05) is 54.9 Å². The van der Waals surface area contributed by atoms with Gasteiger partial charge >= 0.3 is 0 Å². The maximum atomic E-state index is 13.6. The number of aromatic amines is 3. The standard InChI is InChI=1S/C38H42N6O5/c1-46-14-9-24-18-32-33-20-26(11-16-48-3)31(42-33)22-36(44-38(45)28-6-5-13-39-23-28)37-27(12-17-49-4)21-35(43-37)34-19-25(10-15-47-2)30(41-34)8-7-29(24)40-32/h5-8,13,18-23,40-42H,9-12,14-17H2,1-4H3. The van der Waals surface area contributed by atoms with Crippen LogP contribution in [0, 0.1) is 0 Å². The number of nitrogens with one attached hydrogen (secondary N) is 3. The number of aromatic nitrogens is 5. The lowest BCUT2D eigenvalue weighted by atomic mass is 10.1. The van der Waals surface area contributed by atoms with Crippen LogP contribution in [-0.2, 0) is 38.2 Å². The van der Waals surface area contributed by atoms with Gasteiger partial charge in [-0.3, -0.25) is 9.78 Å². The van der Waals surface area contributed by atoms with Crippen LogP contribution in [0.2, 0.25) is 0 Å². The lowest BCUT2D eigenvalue weighted by Gasteiger charge is -2.02. The van der Waals surface area contributed by atoms with Crippen LogP contribution in [0.15, 0.2) is 65.9 Å². The predicted molar refractivity (Wildman–Crippen MR) is 191 cm³/mol. The van der Waals surface area contributed by atoms with Gasteiger partial charge in [0, 0.05) is 57.4 Å². The summed E-state index contributed by atoms with van der Waals surface area (Å²) in [5, 5.41) is 0.435. The Bertz CT molecular complexity index is 2160. The number of pyridine rings is 1. The molecule has 11 nitrogen and oxygen atoms in total. The number of hydrogen-bond acceptors (Lipinski definition) is 7. The second kappa shape index (κ2) is 16.0. The first-order chi connectivity index (χ1) is 24.0. The summed E-state index contributed by atoms with van der Waals surface area (Å²) in [6.07, 6.45) is 7.90. The monoisotopic (exact) mass is 662 g/mol. The maximum Gasteiger partial charge on any atom is 0.279 e. The molecule has 0 unspecified atom stereocenters. The zero-order chi connectivity index (χ0) is 34.2. The molecule has 5 aromatic heterocycles. The minimum Gasteiger partial charge on any atom is -0.384 e. The third-order valence-corrected chi connectivity index (χ3v) is 8.59. The summed E-state index contributed by atoms with van der Waals surface area (Å²) >= 11 is 0. The van der Waals surface area contributed by atoms with E-state index >= 15 is 0 Å². The van der Waals surface area contributed by atoms with Gasteiger partial charge in [0.1, 0.15) is 0 Å². The Morgan fingerprint density at radius 2 is 1.22 bits per heavy atom. The van der Waals surface area contributed by atoms with Crippen molar-refractivity contribution < 1.29 is 23.7 Å². The molecule has 5 aromatic rings. The number of methoxy groups -OCH3 is 4. The van der Waals surface area contributed by atoms with Gasteiger partial charge in [-0.05, 0) is 103 Å². The number of ether oxygens (including phenoxy) is 4. The molecule has 0 atom stereocenters. The first-order valence-electron chi connectivity index (χ1n) is 16.4. The molecule has 0 radical (unpaired) electrons. The molecule has 254 valence electrons. The topological polar surface area (TPSA) is 140 Å². The second-order valence-electron chi connectivity index (χ2n) is 11.9. The molecule has 0 fully saturated rings. The van der Waals surface area contributed by atoms with Crippen LogP contribution in [0.4, 0.5) is 0 Å². The van der Waals surface area contributed by atoms with E-state index in [1.54, 1.807) is 46.8 Å². The average molecular weight is 663 g/mol. The molecular weight excluding hydrogens is 620 g/mol. The van der Waals surface area contributed by atoms with Gasteiger partial charge in [0.05, 0.1) is 65.3 Å². The molecule has 8 bridgehead atoms. The quantitative estimate of drug-likeness (QED) is 0.145. The van der Waals surface area contributed by atoms with Crippen molar-refractivity contribution in [1.82, 2.24) is 24.9 Å². The molecule has 0 saturated heterocycles. The highest BCUT2D eigenvalue weighted by atomic mass is 16.5. The van der Waals surface area contributed by atoms with E-state index in [4.69, 9.17) is 23.9 Å². The van der Waals surface area contributed by atoms with Crippen molar-refractivity contribution >= 4 is 50.7 Å². The lowest BCUT2D eigenvalue weighted by molar-refractivity contribution is 0.0998. The van der Waals surface area contributed by atoms with Crippen molar-refractivity contribution in [2.24, 2.45) is 4.99 Å². The molecule has 0 saturated carbocycles. The fourth-order valence-electron chi connectivity index (χ4n) is 5.99. The van der Waals surface area contributed by atoms with E-state index in [9.17, 15) is 4.79 Å². The van der Waals surface area contributed by atoms with Crippen LogP contribution >= 0.6 is 0 Å². The minimum absolute atomic E-state index is 0.388. The van der Waals surface area contributed by atoms with Crippen molar-refractivity contribution in [3.05, 3.63) is 99.9 Å². The normalized spacial score (nSPS) is 12.6. The summed E-state index contributed by atoms with van der Waals surface area (Å²) in [6.45, 7) is 2.17. The Balaban J connectivity index is 1.74. The molecule has 0 aromatic carbocycles. The first-order valence-corrected chi connectivity index (χ1v) is 16.4. The minimum atomic E-state index is -0.410. The summed E-state index contributed by atoms with van der Waals surface area (Å²) in [5.74, 6) is -0.410. The molecule has 0 spiro atoms.